The number of aryl methyl sites for hydroxylation is 1. The number of aromatic hydroxyl groups is 1. The number of aromatic nitrogens is 3. The summed E-state index contributed by atoms with van der Waals surface area (Å²) in [6.45, 7) is 6.63. The van der Waals surface area contributed by atoms with Crippen molar-refractivity contribution in [3.63, 3.8) is 0 Å². The molecule has 2 aromatic carbocycles. The monoisotopic (exact) mass is 548 g/mol. The first-order valence-corrected chi connectivity index (χ1v) is 11.6. The summed E-state index contributed by atoms with van der Waals surface area (Å²) >= 11 is 3.41. The third kappa shape index (κ3) is 4.53. The number of phenols is 1. The number of nitrogens with zero attached hydrogens (tertiary/aromatic N) is 3. The summed E-state index contributed by atoms with van der Waals surface area (Å²) in [6.07, 6.45) is 0. The first-order chi connectivity index (χ1) is 16.1. The number of phenolic OH excluding ortho intramolecular Hbond substituents is 1. The van der Waals surface area contributed by atoms with Gasteiger partial charge in [0.25, 0.3) is 0 Å². The maximum Gasteiger partial charge on any atom is 0.182 e. The fourth-order valence-corrected chi connectivity index (χ4v) is 4.63. The number of pyridine rings is 1. The minimum Gasteiger partial charge on any atom is -0.507 e. The summed E-state index contributed by atoms with van der Waals surface area (Å²) in [5.74, 6) is 1.52. The van der Waals surface area contributed by atoms with E-state index in [0.29, 0.717) is 28.2 Å². The molecule has 4 aromatic rings. The van der Waals surface area contributed by atoms with Crippen LogP contribution in [-0.2, 0) is 4.74 Å². The van der Waals surface area contributed by atoms with E-state index in [2.05, 4.69) is 31.0 Å². The Hall–Kier alpha value is -2.59. The summed E-state index contributed by atoms with van der Waals surface area (Å²) in [7, 11) is 1.65. The number of rotatable bonds is 6. The SMILES string of the molecule is COc1ccc2c(-c3ccc(O)c(Br)c3)nc3n[nH]c(C)c3c2c1OCCN1CCOCC1.Cl. The van der Waals surface area contributed by atoms with E-state index in [1.54, 1.807) is 13.2 Å². The van der Waals surface area contributed by atoms with Crippen molar-refractivity contribution >= 4 is 50.1 Å². The average molecular weight is 550 g/mol. The second-order valence-corrected chi connectivity index (χ2v) is 8.85. The molecule has 0 aliphatic carbocycles. The highest BCUT2D eigenvalue weighted by atomic mass is 79.9. The number of morpholine rings is 1. The molecule has 1 aliphatic heterocycles. The molecule has 0 atom stereocenters. The molecule has 1 fully saturated rings. The van der Waals surface area contributed by atoms with Crippen LogP contribution in [0.5, 0.6) is 17.2 Å². The summed E-state index contributed by atoms with van der Waals surface area (Å²) in [6, 6.07) is 9.25. The topological polar surface area (TPSA) is 92.7 Å². The molecule has 180 valence electrons. The number of hydrogen-bond donors (Lipinski definition) is 2. The van der Waals surface area contributed by atoms with Crippen molar-refractivity contribution in [1.82, 2.24) is 20.1 Å². The molecule has 0 unspecified atom stereocenters. The Balaban J connectivity index is 0.00000274. The zero-order chi connectivity index (χ0) is 22.9. The normalized spacial score (nSPS) is 14.3. The number of aromatic amines is 1. The average Bonchev–Trinajstić information content (AvgIpc) is 3.21. The number of halogens is 2. The molecule has 0 saturated carbocycles. The van der Waals surface area contributed by atoms with E-state index >= 15 is 0 Å². The lowest BCUT2D eigenvalue weighted by atomic mass is 9.99. The maximum atomic E-state index is 9.96. The fraction of sp³-hybridized carbons (Fsp3) is 0.333. The van der Waals surface area contributed by atoms with E-state index in [-0.39, 0.29) is 18.2 Å². The standard InChI is InChI=1S/C24H25BrN4O4.ClH/c1-14-20-21-16(22(26-24(20)28-27-14)15-3-5-18(30)17(25)13-15)4-6-19(31-2)23(21)33-12-9-29-7-10-32-11-8-29;/h3-6,13,30H,7-12H2,1-2H3,(H,26,27,28);1H. The lowest BCUT2D eigenvalue weighted by Crippen LogP contribution is -2.38. The third-order valence-electron chi connectivity index (χ3n) is 5.97. The van der Waals surface area contributed by atoms with Crippen LogP contribution in [0.15, 0.2) is 34.8 Å². The van der Waals surface area contributed by atoms with Crippen LogP contribution in [0.3, 0.4) is 0 Å². The molecular weight excluding hydrogens is 524 g/mol. The molecule has 1 saturated heterocycles. The number of hydrogen-bond acceptors (Lipinski definition) is 7. The van der Waals surface area contributed by atoms with Gasteiger partial charge in [-0.15, -0.1) is 12.4 Å². The first kappa shape index (κ1) is 24.5. The van der Waals surface area contributed by atoms with Gasteiger partial charge in [0, 0.05) is 41.7 Å². The second-order valence-electron chi connectivity index (χ2n) is 8.00. The first-order valence-electron chi connectivity index (χ1n) is 10.8. The second kappa shape index (κ2) is 10.4. The van der Waals surface area contributed by atoms with Crippen LogP contribution >= 0.6 is 28.3 Å². The molecule has 10 heteroatoms. The number of H-pyrrole nitrogens is 1. The number of fused-ring (bicyclic) bond motifs is 3. The quantitative estimate of drug-likeness (QED) is 0.360. The smallest absolute Gasteiger partial charge is 0.182 e. The van der Waals surface area contributed by atoms with Crippen molar-refractivity contribution in [2.45, 2.75) is 6.92 Å². The van der Waals surface area contributed by atoms with Gasteiger partial charge in [-0.1, -0.05) is 0 Å². The minimum absolute atomic E-state index is 0. The van der Waals surface area contributed by atoms with Gasteiger partial charge in [-0.05, 0) is 53.2 Å². The number of nitrogens with one attached hydrogen (secondary N) is 1. The fourth-order valence-electron chi connectivity index (χ4n) is 4.25. The van der Waals surface area contributed by atoms with Crippen molar-refractivity contribution < 1.29 is 19.3 Å². The minimum atomic E-state index is 0. The van der Waals surface area contributed by atoms with Crippen LogP contribution < -0.4 is 9.47 Å². The predicted molar refractivity (Wildman–Crippen MR) is 137 cm³/mol. The Morgan fingerprint density at radius 2 is 1.97 bits per heavy atom. The van der Waals surface area contributed by atoms with Crippen LogP contribution in [0.1, 0.15) is 5.69 Å². The van der Waals surface area contributed by atoms with Crippen LogP contribution in [0, 0.1) is 6.92 Å². The number of benzene rings is 2. The maximum absolute atomic E-state index is 9.96. The molecular formula is C24H26BrClN4O4. The van der Waals surface area contributed by atoms with Crippen LogP contribution in [0.25, 0.3) is 33.1 Å². The molecule has 8 nitrogen and oxygen atoms in total. The Morgan fingerprint density at radius 3 is 2.71 bits per heavy atom. The highest BCUT2D eigenvalue weighted by molar-refractivity contribution is 9.10. The van der Waals surface area contributed by atoms with Gasteiger partial charge in [-0.2, -0.15) is 5.10 Å². The van der Waals surface area contributed by atoms with Crippen LogP contribution in [0.4, 0.5) is 0 Å². The third-order valence-corrected chi connectivity index (χ3v) is 6.61. The van der Waals surface area contributed by atoms with Crippen molar-refractivity contribution in [3.8, 4) is 28.5 Å². The van der Waals surface area contributed by atoms with Gasteiger partial charge in [-0.25, -0.2) is 4.98 Å². The zero-order valence-electron chi connectivity index (χ0n) is 18.9. The van der Waals surface area contributed by atoms with Gasteiger partial charge in [-0.3, -0.25) is 10.00 Å². The van der Waals surface area contributed by atoms with Gasteiger partial charge < -0.3 is 19.3 Å². The molecule has 5 rings (SSSR count). The molecule has 0 spiro atoms. The van der Waals surface area contributed by atoms with Gasteiger partial charge in [0.2, 0.25) is 0 Å². The van der Waals surface area contributed by atoms with Crippen molar-refractivity contribution in [1.29, 1.82) is 0 Å². The largest absolute Gasteiger partial charge is 0.507 e. The van der Waals surface area contributed by atoms with Crippen LogP contribution in [-0.4, -0.2) is 71.8 Å². The van der Waals surface area contributed by atoms with Crippen molar-refractivity contribution in [2.75, 3.05) is 46.6 Å². The van der Waals surface area contributed by atoms with E-state index in [4.69, 9.17) is 19.2 Å². The van der Waals surface area contributed by atoms with E-state index < -0.39 is 0 Å². The Labute approximate surface area is 211 Å². The van der Waals surface area contributed by atoms with Crippen molar-refractivity contribution in [3.05, 3.63) is 40.5 Å². The molecule has 3 heterocycles. The highest BCUT2D eigenvalue weighted by Crippen LogP contribution is 2.44. The summed E-state index contributed by atoms with van der Waals surface area (Å²) < 4.78 is 18.1. The summed E-state index contributed by atoms with van der Waals surface area (Å²) in [4.78, 5) is 7.19. The van der Waals surface area contributed by atoms with Gasteiger partial charge in [0.15, 0.2) is 17.1 Å². The molecule has 0 bridgehead atoms. The summed E-state index contributed by atoms with van der Waals surface area (Å²) in [5, 5.41) is 20.2. The number of methoxy groups -OCH3 is 1. The Morgan fingerprint density at radius 1 is 1.18 bits per heavy atom. The van der Waals surface area contributed by atoms with Gasteiger partial charge in [0.1, 0.15) is 12.4 Å². The molecule has 0 radical (unpaired) electrons. The Kier molecular flexibility index (Phi) is 7.47. The van der Waals surface area contributed by atoms with Gasteiger partial charge >= 0.3 is 0 Å². The van der Waals surface area contributed by atoms with Crippen molar-refractivity contribution in [2.24, 2.45) is 0 Å². The molecule has 0 amide bonds. The van der Waals surface area contributed by atoms with E-state index in [1.165, 1.54) is 0 Å². The van der Waals surface area contributed by atoms with Gasteiger partial charge in [0.05, 0.1) is 35.9 Å². The van der Waals surface area contributed by atoms with E-state index in [1.807, 2.05) is 31.2 Å². The van der Waals surface area contributed by atoms with Crippen LogP contribution in [0.2, 0.25) is 0 Å². The van der Waals surface area contributed by atoms with E-state index in [9.17, 15) is 5.11 Å². The zero-order valence-corrected chi connectivity index (χ0v) is 21.3. The number of ether oxygens (including phenoxy) is 3. The predicted octanol–water partition coefficient (Wildman–Crippen LogP) is 4.70. The lowest BCUT2D eigenvalue weighted by molar-refractivity contribution is 0.0322. The van der Waals surface area contributed by atoms with E-state index in [0.717, 1.165) is 66.0 Å². The molecule has 1 aliphatic rings. The molecule has 2 N–H and O–H groups in total. The highest BCUT2D eigenvalue weighted by Gasteiger charge is 2.21. The summed E-state index contributed by atoms with van der Waals surface area (Å²) in [5.41, 5.74) is 3.12. The lowest BCUT2D eigenvalue weighted by Gasteiger charge is -2.26. The molecule has 2 aromatic heterocycles. The Bertz CT molecular complexity index is 1320. The molecule has 34 heavy (non-hydrogen) atoms.